The molecular weight excluding hydrogens is 326 g/mol. The fourth-order valence-corrected chi connectivity index (χ4v) is 3.71. The van der Waals surface area contributed by atoms with E-state index in [-0.39, 0.29) is 10.3 Å². The van der Waals surface area contributed by atoms with Gasteiger partial charge in [-0.25, -0.2) is 8.42 Å². The minimum absolute atomic E-state index is 0.102. The second-order valence-corrected chi connectivity index (χ2v) is 8.33. The van der Waals surface area contributed by atoms with Crippen molar-refractivity contribution in [2.45, 2.75) is 51.5 Å². The van der Waals surface area contributed by atoms with Gasteiger partial charge in [0, 0.05) is 6.54 Å². The molecule has 1 aromatic carbocycles. The lowest BCUT2D eigenvalue weighted by molar-refractivity contribution is 0.416. The summed E-state index contributed by atoms with van der Waals surface area (Å²) in [5.74, 6) is 0.479. The van der Waals surface area contributed by atoms with Crippen LogP contribution >= 0.6 is 0 Å². The summed E-state index contributed by atoms with van der Waals surface area (Å²) in [6, 6.07) is 5.54. The lowest BCUT2D eigenvalue weighted by Gasteiger charge is -2.21. The zero-order valence-corrected chi connectivity index (χ0v) is 15.9. The second kappa shape index (κ2) is 6.47. The van der Waals surface area contributed by atoms with Crippen LogP contribution in [0.1, 0.15) is 39.0 Å². The number of aryl methyl sites for hydroxylation is 1. The van der Waals surface area contributed by atoms with Crippen molar-refractivity contribution in [3.8, 4) is 5.75 Å². The predicted molar refractivity (Wildman–Crippen MR) is 95.1 cm³/mol. The number of anilines is 1. The highest BCUT2D eigenvalue weighted by Crippen LogP contribution is 2.33. The van der Waals surface area contributed by atoms with Crippen LogP contribution in [0, 0.1) is 6.92 Å². The Morgan fingerprint density at radius 1 is 1.29 bits per heavy atom. The highest BCUT2D eigenvalue weighted by Gasteiger charge is 2.23. The van der Waals surface area contributed by atoms with Crippen LogP contribution in [0.25, 0.3) is 0 Å². The average molecular weight is 351 g/mol. The SMILES string of the molecule is CCn1ncc(S(=O)(=O)Nc2cc(C(C)(C)C)ccc2OC)c1C. The molecule has 1 heterocycles. The number of nitrogens with zero attached hydrogens (tertiary/aromatic N) is 2. The fraction of sp³-hybridized carbons (Fsp3) is 0.471. The van der Waals surface area contributed by atoms with E-state index in [1.165, 1.54) is 13.3 Å². The highest BCUT2D eigenvalue weighted by atomic mass is 32.2. The van der Waals surface area contributed by atoms with Gasteiger partial charge in [-0.1, -0.05) is 26.8 Å². The summed E-state index contributed by atoms with van der Waals surface area (Å²) in [5, 5.41) is 4.11. The van der Waals surface area contributed by atoms with E-state index < -0.39 is 10.0 Å². The maximum atomic E-state index is 12.8. The minimum atomic E-state index is -3.74. The molecule has 0 aliphatic heterocycles. The molecule has 0 aliphatic rings. The Bertz CT molecular complexity index is 833. The summed E-state index contributed by atoms with van der Waals surface area (Å²) in [6.07, 6.45) is 1.38. The van der Waals surface area contributed by atoms with Crippen molar-refractivity contribution in [3.63, 3.8) is 0 Å². The Morgan fingerprint density at radius 3 is 2.46 bits per heavy atom. The molecular formula is C17H25N3O3S. The van der Waals surface area contributed by atoms with Crippen molar-refractivity contribution in [1.82, 2.24) is 9.78 Å². The quantitative estimate of drug-likeness (QED) is 0.897. The molecule has 0 aliphatic carbocycles. The maximum absolute atomic E-state index is 12.8. The molecule has 0 amide bonds. The van der Waals surface area contributed by atoms with Crippen LogP contribution in [0.2, 0.25) is 0 Å². The van der Waals surface area contributed by atoms with Crippen LogP contribution < -0.4 is 9.46 Å². The molecule has 132 valence electrons. The molecule has 1 aromatic heterocycles. The fourth-order valence-electron chi connectivity index (χ4n) is 2.47. The molecule has 1 N–H and O–H groups in total. The number of nitrogens with one attached hydrogen (secondary N) is 1. The third-order valence-corrected chi connectivity index (χ3v) is 5.43. The van der Waals surface area contributed by atoms with Crippen LogP contribution in [-0.2, 0) is 22.0 Å². The molecule has 0 bridgehead atoms. The van der Waals surface area contributed by atoms with Crippen LogP contribution in [0.4, 0.5) is 5.69 Å². The van der Waals surface area contributed by atoms with Crippen molar-refractivity contribution in [2.24, 2.45) is 0 Å². The summed E-state index contributed by atoms with van der Waals surface area (Å²) in [6.45, 7) is 10.5. The van der Waals surface area contributed by atoms with Crippen LogP contribution in [0.3, 0.4) is 0 Å². The number of hydrogen-bond acceptors (Lipinski definition) is 4. The smallest absolute Gasteiger partial charge is 0.265 e. The Kier molecular flexibility index (Phi) is 4.94. The van der Waals surface area contributed by atoms with E-state index in [1.807, 2.05) is 19.1 Å². The largest absolute Gasteiger partial charge is 0.495 e. The van der Waals surface area contributed by atoms with Gasteiger partial charge in [0.05, 0.1) is 24.7 Å². The lowest BCUT2D eigenvalue weighted by Crippen LogP contribution is -2.16. The van der Waals surface area contributed by atoms with Crippen molar-refractivity contribution >= 4 is 15.7 Å². The third kappa shape index (κ3) is 3.56. The summed E-state index contributed by atoms with van der Waals surface area (Å²) in [4.78, 5) is 0.174. The van der Waals surface area contributed by atoms with E-state index in [4.69, 9.17) is 4.74 Å². The normalized spacial score (nSPS) is 12.2. The van der Waals surface area contributed by atoms with Crippen LogP contribution in [-0.4, -0.2) is 25.3 Å². The molecule has 0 saturated carbocycles. The van der Waals surface area contributed by atoms with Gasteiger partial charge >= 0.3 is 0 Å². The Balaban J connectivity index is 2.47. The van der Waals surface area contributed by atoms with Gasteiger partial charge in [0.1, 0.15) is 10.6 Å². The second-order valence-electron chi connectivity index (χ2n) is 6.68. The monoisotopic (exact) mass is 351 g/mol. The molecule has 6 nitrogen and oxygen atoms in total. The van der Waals surface area contributed by atoms with Gasteiger partial charge in [0.25, 0.3) is 10.0 Å². The van der Waals surface area contributed by atoms with Gasteiger partial charge in [-0.15, -0.1) is 0 Å². The van der Waals surface area contributed by atoms with Gasteiger partial charge in [-0.3, -0.25) is 9.40 Å². The summed E-state index contributed by atoms with van der Waals surface area (Å²) >= 11 is 0. The van der Waals surface area contributed by atoms with Crippen molar-refractivity contribution in [2.75, 3.05) is 11.8 Å². The third-order valence-electron chi connectivity index (χ3n) is 3.96. The van der Waals surface area contributed by atoms with E-state index in [1.54, 1.807) is 17.7 Å². The van der Waals surface area contributed by atoms with E-state index in [0.717, 1.165) is 5.56 Å². The molecule has 0 fully saturated rings. The molecule has 0 unspecified atom stereocenters. The maximum Gasteiger partial charge on any atom is 0.265 e. The molecule has 2 rings (SSSR count). The molecule has 7 heteroatoms. The Morgan fingerprint density at radius 2 is 1.96 bits per heavy atom. The molecule has 0 radical (unpaired) electrons. The zero-order chi connectivity index (χ0) is 18.1. The van der Waals surface area contributed by atoms with E-state index in [0.29, 0.717) is 23.7 Å². The zero-order valence-electron chi connectivity index (χ0n) is 15.0. The number of rotatable bonds is 5. The number of benzene rings is 1. The molecule has 24 heavy (non-hydrogen) atoms. The van der Waals surface area contributed by atoms with Crippen molar-refractivity contribution in [3.05, 3.63) is 35.7 Å². The molecule has 0 spiro atoms. The lowest BCUT2D eigenvalue weighted by atomic mass is 9.87. The first-order valence-electron chi connectivity index (χ1n) is 7.84. The standard InChI is InChI=1S/C17H25N3O3S/c1-7-20-12(2)16(11-18-20)24(21,22)19-14-10-13(17(3,4)5)8-9-15(14)23-6/h8-11,19H,7H2,1-6H3. The summed E-state index contributed by atoms with van der Waals surface area (Å²) in [7, 11) is -2.22. The number of hydrogen-bond donors (Lipinski definition) is 1. The van der Waals surface area contributed by atoms with E-state index in [9.17, 15) is 8.42 Å². The Hall–Kier alpha value is -2.02. The number of sulfonamides is 1. The first-order valence-corrected chi connectivity index (χ1v) is 9.32. The van der Waals surface area contributed by atoms with E-state index >= 15 is 0 Å². The average Bonchev–Trinajstić information content (AvgIpc) is 2.87. The van der Waals surface area contributed by atoms with Crippen molar-refractivity contribution in [1.29, 1.82) is 0 Å². The summed E-state index contributed by atoms with van der Waals surface area (Å²) in [5.41, 5.74) is 1.95. The highest BCUT2D eigenvalue weighted by molar-refractivity contribution is 7.92. The molecule has 0 saturated heterocycles. The topological polar surface area (TPSA) is 73.2 Å². The van der Waals surface area contributed by atoms with Gasteiger partial charge in [-0.05, 0) is 37.0 Å². The van der Waals surface area contributed by atoms with Gasteiger partial charge in [0.2, 0.25) is 0 Å². The van der Waals surface area contributed by atoms with Gasteiger partial charge in [0.15, 0.2) is 0 Å². The van der Waals surface area contributed by atoms with Gasteiger partial charge < -0.3 is 4.74 Å². The number of aromatic nitrogens is 2. The molecule has 2 aromatic rings. The van der Waals surface area contributed by atoms with Crippen molar-refractivity contribution < 1.29 is 13.2 Å². The number of methoxy groups -OCH3 is 1. The predicted octanol–water partition coefficient (Wildman–Crippen LogP) is 3.32. The van der Waals surface area contributed by atoms with Crippen LogP contribution in [0.5, 0.6) is 5.75 Å². The first-order chi connectivity index (χ1) is 11.1. The first kappa shape index (κ1) is 18.3. The van der Waals surface area contributed by atoms with Gasteiger partial charge in [-0.2, -0.15) is 5.10 Å². The molecule has 0 atom stereocenters. The summed E-state index contributed by atoms with van der Waals surface area (Å²) < 4.78 is 35.1. The minimum Gasteiger partial charge on any atom is -0.495 e. The number of ether oxygens (including phenoxy) is 1. The van der Waals surface area contributed by atoms with Crippen LogP contribution in [0.15, 0.2) is 29.3 Å². The van der Waals surface area contributed by atoms with E-state index in [2.05, 4.69) is 30.6 Å². The Labute approximate surface area is 143 Å².